The third kappa shape index (κ3) is 1.89. The number of rotatable bonds is 2. The highest BCUT2D eigenvalue weighted by Crippen LogP contribution is 2.30. The molecular formula is C15H15+. The Balaban J connectivity index is 2.44. The van der Waals surface area contributed by atoms with Crippen LogP contribution in [0, 0.1) is 6.92 Å². The SMILES string of the molecule is [CH2+]C(C)(c1ccccc1)c1ccccc1. The van der Waals surface area contributed by atoms with Crippen molar-refractivity contribution in [2.75, 3.05) is 0 Å². The standard InChI is InChI=1S/C15H15/c1-15(2,13-9-5-3-6-10-13)14-11-7-4-8-12-14/h3-12H,1H2,2H3/q+1. The van der Waals surface area contributed by atoms with Gasteiger partial charge in [0.05, 0.1) is 6.92 Å². The molecule has 2 aromatic rings. The maximum absolute atomic E-state index is 4.31. The van der Waals surface area contributed by atoms with Crippen LogP contribution in [-0.4, -0.2) is 0 Å². The van der Waals surface area contributed by atoms with Crippen molar-refractivity contribution in [3.8, 4) is 0 Å². The average molecular weight is 195 g/mol. The van der Waals surface area contributed by atoms with Gasteiger partial charge in [0.15, 0.2) is 5.41 Å². The fourth-order valence-corrected chi connectivity index (χ4v) is 1.78. The molecule has 0 heteroatoms. The minimum atomic E-state index is -0.164. The molecule has 0 aliphatic heterocycles. The molecule has 0 aliphatic rings. The summed E-state index contributed by atoms with van der Waals surface area (Å²) >= 11 is 0. The molecule has 0 amide bonds. The summed E-state index contributed by atoms with van der Waals surface area (Å²) in [4.78, 5) is 0. The fraction of sp³-hybridized carbons (Fsp3) is 0.133. The van der Waals surface area contributed by atoms with Crippen LogP contribution in [-0.2, 0) is 5.41 Å². The topological polar surface area (TPSA) is 0 Å². The molecule has 0 aliphatic carbocycles. The van der Waals surface area contributed by atoms with E-state index in [0.717, 1.165) is 0 Å². The zero-order valence-corrected chi connectivity index (χ0v) is 8.98. The van der Waals surface area contributed by atoms with Crippen LogP contribution in [0.5, 0.6) is 0 Å². The van der Waals surface area contributed by atoms with Crippen molar-refractivity contribution in [1.29, 1.82) is 0 Å². The van der Waals surface area contributed by atoms with Crippen LogP contribution in [0.15, 0.2) is 60.7 Å². The average Bonchev–Trinajstić information content (AvgIpc) is 2.31. The van der Waals surface area contributed by atoms with Crippen molar-refractivity contribution in [3.05, 3.63) is 78.7 Å². The summed E-state index contributed by atoms with van der Waals surface area (Å²) in [6.45, 7) is 6.46. The lowest BCUT2D eigenvalue weighted by Crippen LogP contribution is -2.18. The summed E-state index contributed by atoms with van der Waals surface area (Å²) in [6, 6.07) is 20.8. The number of hydrogen-bond acceptors (Lipinski definition) is 0. The molecule has 0 fully saturated rings. The van der Waals surface area contributed by atoms with Crippen molar-refractivity contribution < 1.29 is 0 Å². The smallest absolute Gasteiger partial charge is 0.0622 e. The lowest BCUT2D eigenvalue weighted by molar-refractivity contribution is 0.719. The maximum Gasteiger partial charge on any atom is 0.152 e. The summed E-state index contributed by atoms with van der Waals surface area (Å²) in [5.41, 5.74) is 2.33. The van der Waals surface area contributed by atoms with Gasteiger partial charge in [-0.05, 0) is 6.92 Å². The van der Waals surface area contributed by atoms with Gasteiger partial charge in [0.2, 0.25) is 0 Å². The maximum atomic E-state index is 4.31. The van der Waals surface area contributed by atoms with Crippen molar-refractivity contribution in [2.45, 2.75) is 12.3 Å². The van der Waals surface area contributed by atoms with Gasteiger partial charge in [-0.25, -0.2) is 0 Å². The Morgan fingerprint density at radius 3 is 1.40 bits per heavy atom. The van der Waals surface area contributed by atoms with E-state index in [9.17, 15) is 0 Å². The first-order valence-electron chi connectivity index (χ1n) is 5.17. The van der Waals surface area contributed by atoms with Crippen LogP contribution in [0.1, 0.15) is 18.1 Å². The second-order valence-corrected chi connectivity index (χ2v) is 4.06. The second-order valence-electron chi connectivity index (χ2n) is 4.06. The molecule has 0 saturated heterocycles. The van der Waals surface area contributed by atoms with Gasteiger partial charge in [0.25, 0.3) is 0 Å². The first-order chi connectivity index (χ1) is 7.21. The van der Waals surface area contributed by atoms with E-state index in [-0.39, 0.29) is 5.41 Å². The molecular weight excluding hydrogens is 180 g/mol. The summed E-state index contributed by atoms with van der Waals surface area (Å²) in [5.74, 6) is 0. The Bertz CT molecular complexity index is 371. The van der Waals surface area contributed by atoms with Gasteiger partial charge in [-0.3, -0.25) is 0 Å². The lowest BCUT2D eigenvalue weighted by atomic mass is 9.78. The molecule has 0 saturated carbocycles. The summed E-state index contributed by atoms with van der Waals surface area (Å²) in [5, 5.41) is 0. The zero-order valence-electron chi connectivity index (χ0n) is 8.98. The minimum Gasteiger partial charge on any atom is -0.0622 e. The summed E-state index contributed by atoms with van der Waals surface area (Å²) < 4.78 is 0. The third-order valence-electron chi connectivity index (χ3n) is 2.82. The van der Waals surface area contributed by atoms with Gasteiger partial charge in [-0.15, -0.1) is 0 Å². The molecule has 0 unspecified atom stereocenters. The molecule has 0 N–H and O–H groups in total. The van der Waals surface area contributed by atoms with Gasteiger partial charge >= 0.3 is 0 Å². The van der Waals surface area contributed by atoms with E-state index in [1.54, 1.807) is 0 Å². The van der Waals surface area contributed by atoms with E-state index in [1.807, 2.05) is 12.1 Å². The Kier molecular flexibility index (Phi) is 2.51. The van der Waals surface area contributed by atoms with Crippen LogP contribution < -0.4 is 0 Å². The normalized spacial score (nSPS) is 11.3. The van der Waals surface area contributed by atoms with Gasteiger partial charge < -0.3 is 0 Å². The van der Waals surface area contributed by atoms with E-state index < -0.39 is 0 Å². The van der Waals surface area contributed by atoms with E-state index in [4.69, 9.17) is 0 Å². The molecule has 0 heterocycles. The first-order valence-corrected chi connectivity index (χ1v) is 5.17. The Labute approximate surface area is 91.6 Å². The highest BCUT2D eigenvalue weighted by Gasteiger charge is 2.29. The second kappa shape index (κ2) is 3.82. The molecule has 0 aromatic heterocycles. The molecule has 2 aromatic carbocycles. The Morgan fingerprint density at radius 1 is 0.733 bits per heavy atom. The van der Waals surface area contributed by atoms with Crippen molar-refractivity contribution in [2.24, 2.45) is 0 Å². The highest BCUT2D eigenvalue weighted by molar-refractivity contribution is 5.39. The van der Waals surface area contributed by atoms with Gasteiger partial charge in [0, 0.05) is 11.1 Å². The predicted molar refractivity (Wildman–Crippen MR) is 64.7 cm³/mol. The van der Waals surface area contributed by atoms with Gasteiger partial charge in [-0.2, -0.15) is 0 Å². The first kappa shape index (κ1) is 9.85. The highest BCUT2D eigenvalue weighted by atomic mass is 14.2. The Morgan fingerprint density at radius 2 is 1.07 bits per heavy atom. The van der Waals surface area contributed by atoms with Crippen LogP contribution >= 0.6 is 0 Å². The van der Waals surface area contributed by atoms with Crippen LogP contribution in [0.4, 0.5) is 0 Å². The van der Waals surface area contributed by atoms with Crippen molar-refractivity contribution >= 4 is 0 Å². The number of hydrogen-bond donors (Lipinski definition) is 0. The van der Waals surface area contributed by atoms with Gasteiger partial charge in [-0.1, -0.05) is 60.7 Å². The monoisotopic (exact) mass is 195 g/mol. The molecule has 2 rings (SSSR count). The largest absolute Gasteiger partial charge is 0.152 e. The number of benzene rings is 2. The summed E-state index contributed by atoms with van der Waals surface area (Å²) in [7, 11) is 0. The predicted octanol–water partition coefficient (Wildman–Crippen LogP) is 3.83. The van der Waals surface area contributed by atoms with Gasteiger partial charge in [0.1, 0.15) is 0 Å². The zero-order chi connectivity index (χ0) is 10.7. The Hall–Kier alpha value is -1.69. The van der Waals surface area contributed by atoms with E-state index >= 15 is 0 Å². The van der Waals surface area contributed by atoms with E-state index in [1.165, 1.54) is 11.1 Å². The molecule has 15 heavy (non-hydrogen) atoms. The fourth-order valence-electron chi connectivity index (χ4n) is 1.78. The third-order valence-corrected chi connectivity index (χ3v) is 2.82. The summed E-state index contributed by atoms with van der Waals surface area (Å²) in [6.07, 6.45) is 0. The molecule has 0 radical (unpaired) electrons. The van der Waals surface area contributed by atoms with Crippen LogP contribution in [0.25, 0.3) is 0 Å². The van der Waals surface area contributed by atoms with E-state index in [0.29, 0.717) is 0 Å². The molecule has 0 spiro atoms. The lowest BCUT2D eigenvalue weighted by Gasteiger charge is -2.18. The van der Waals surface area contributed by atoms with Crippen LogP contribution in [0.3, 0.4) is 0 Å². The van der Waals surface area contributed by atoms with Crippen molar-refractivity contribution in [3.63, 3.8) is 0 Å². The van der Waals surface area contributed by atoms with Crippen LogP contribution in [0.2, 0.25) is 0 Å². The minimum absolute atomic E-state index is 0.164. The molecule has 0 atom stereocenters. The molecule has 0 bridgehead atoms. The molecule has 74 valence electrons. The quantitative estimate of drug-likeness (QED) is 0.639. The van der Waals surface area contributed by atoms with Crippen molar-refractivity contribution in [1.82, 2.24) is 0 Å². The van der Waals surface area contributed by atoms with E-state index in [2.05, 4.69) is 62.4 Å². The molecule has 0 nitrogen and oxygen atoms in total.